The SMILES string of the molecule is CCCC(C)(C)C(=O)Oc1ccc(C2(c3ccc(OC(C)(C)CC)c(C)c3)c3ccccc3-c3ccccc32)cc1C. The summed E-state index contributed by atoms with van der Waals surface area (Å²) in [5.74, 6) is 1.34. The van der Waals surface area contributed by atoms with Crippen LogP contribution in [-0.4, -0.2) is 11.6 Å². The normalized spacial score (nSPS) is 13.8. The summed E-state index contributed by atoms with van der Waals surface area (Å²) in [4.78, 5) is 13.1. The van der Waals surface area contributed by atoms with Crippen molar-refractivity contribution in [2.24, 2.45) is 5.41 Å². The van der Waals surface area contributed by atoms with E-state index in [-0.39, 0.29) is 11.6 Å². The maximum Gasteiger partial charge on any atom is 0.316 e. The van der Waals surface area contributed by atoms with Crippen molar-refractivity contribution < 1.29 is 14.3 Å². The molecule has 0 spiro atoms. The van der Waals surface area contributed by atoms with Gasteiger partial charge in [0.2, 0.25) is 0 Å². The van der Waals surface area contributed by atoms with Gasteiger partial charge in [0.15, 0.2) is 0 Å². The van der Waals surface area contributed by atoms with Crippen LogP contribution in [0.15, 0.2) is 84.9 Å². The first-order chi connectivity index (χ1) is 19.9. The van der Waals surface area contributed by atoms with E-state index in [9.17, 15) is 4.79 Å². The zero-order valence-corrected chi connectivity index (χ0v) is 26.4. The van der Waals surface area contributed by atoms with E-state index in [1.807, 2.05) is 26.8 Å². The number of hydrogen-bond donors (Lipinski definition) is 0. The molecule has 0 saturated carbocycles. The van der Waals surface area contributed by atoms with Crippen LogP contribution >= 0.6 is 0 Å². The second kappa shape index (κ2) is 11.1. The van der Waals surface area contributed by atoms with Gasteiger partial charge in [0, 0.05) is 0 Å². The van der Waals surface area contributed by atoms with E-state index in [4.69, 9.17) is 9.47 Å². The molecule has 4 aromatic rings. The first-order valence-corrected chi connectivity index (χ1v) is 15.3. The van der Waals surface area contributed by atoms with E-state index in [2.05, 4.69) is 113 Å². The Labute approximate surface area is 251 Å². The maximum absolute atomic E-state index is 13.1. The summed E-state index contributed by atoms with van der Waals surface area (Å²) >= 11 is 0. The number of hydrogen-bond acceptors (Lipinski definition) is 3. The number of carbonyl (C=O) groups is 1. The van der Waals surface area contributed by atoms with Crippen LogP contribution in [0.1, 0.15) is 94.2 Å². The van der Waals surface area contributed by atoms with Crippen molar-refractivity contribution in [2.75, 3.05) is 0 Å². The molecule has 1 aliphatic rings. The predicted molar refractivity (Wildman–Crippen MR) is 173 cm³/mol. The first-order valence-electron chi connectivity index (χ1n) is 15.3. The molecule has 0 atom stereocenters. The monoisotopic (exact) mass is 560 g/mol. The molecule has 3 heteroatoms. The van der Waals surface area contributed by atoms with Crippen LogP contribution < -0.4 is 9.47 Å². The van der Waals surface area contributed by atoms with Crippen LogP contribution in [0.4, 0.5) is 0 Å². The Balaban J connectivity index is 1.70. The van der Waals surface area contributed by atoms with Crippen molar-refractivity contribution >= 4 is 5.97 Å². The van der Waals surface area contributed by atoms with E-state index in [1.165, 1.54) is 27.8 Å². The third-order valence-corrected chi connectivity index (χ3v) is 9.04. The molecule has 0 radical (unpaired) electrons. The van der Waals surface area contributed by atoms with Gasteiger partial charge in [-0.05, 0) is 111 Å². The molecule has 0 aromatic heterocycles. The number of esters is 1. The van der Waals surface area contributed by atoms with E-state index >= 15 is 0 Å². The molecule has 0 bridgehead atoms. The Morgan fingerprint density at radius 2 is 1.21 bits per heavy atom. The zero-order valence-electron chi connectivity index (χ0n) is 26.4. The fourth-order valence-electron chi connectivity index (χ4n) is 6.35. The summed E-state index contributed by atoms with van der Waals surface area (Å²) in [7, 11) is 0. The first kappa shape index (κ1) is 29.6. The summed E-state index contributed by atoms with van der Waals surface area (Å²) in [5, 5.41) is 0. The van der Waals surface area contributed by atoms with Gasteiger partial charge in [0.05, 0.1) is 10.8 Å². The molecular formula is C39H44O3. The average molecular weight is 561 g/mol. The third-order valence-electron chi connectivity index (χ3n) is 9.04. The predicted octanol–water partition coefficient (Wildman–Crippen LogP) is 9.97. The summed E-state index contributed by atoms with van der Waals surface area (Å²) in [6.07, 6.45) is 2.64. The molecule has 0 heterocycles. The van der Waals surface area contributed by atoms with Crippen LogP contribution in [0.5, 0.6) is 11.5 Å². The second-order valence-corrected chi connectivity index (χ2v) is 13.0. The van der Waals surface area contributed by atoms with Crippen molar-refractivity contribution in [2.45, 2.75) is 85.7 Å². The van der Waals surface area contributed by atoms with Crippen molar-refractivity contribution in [3.8, 4) is 22.6 Å². The quantitative estimate of drug-likeness (QED) is 0.133. The summed E-state index contributed by atoms with van der Waals surface area (Å²) in [5.41, 5.74) is 8.06. The fourth-order valence-corrected chi connectivity index (χ4v) is 6.35. The van der Waals surface area contributed by atoms with Crippen molar-refractivity contribution in [3.05, 3.63) is 118 Å². The lowest BCUT2D eigenvalue weighted by Gasteiger charge is -2.35. The molecule has 0 amide bonds. The van der Waals surface area contributed by atoms with E-state index in [0.29, 0.717) is 5.75 Å². The topological polar surface area (TPSA) is 35.5 Å². The standard InChI is InChI=1S/C39H44O3/c1-9-23-37(5,6)36(40)41-34-21-19-28(24-26(34)3)39(29-20-22-35(27(4)25-29)42-38(7,8)10-2)32-17-13-11-15-30(32)31-16-12-14-18-33(31)39/h11-22,24-25H,9-10,23H2,1-8H3. The molecular weight excluding hydrogens is 516 g/mol. The highest BCUT2D eigenvalue weighted by Gasteiger charge is 2.46. The second-order valence-electron chi connectivity index (χ2n) is 13.0. The molecule has 42 heavy (non-hydrogen) atoms. The Kier molecular flexibility index (Phi) is 7.83. The van der Waals surface area contributed by atoms with E-state index in [1.54, 1.807) is 0 Å². The zero-order chi connectivity index (χ0) is 30.3. The number of benzene rings is 4. The fraction of sp³-hybridized carbons (Fsp3) is 0.359. The highest BCUT2D eigenvalue weighted by molar-refractivity contribution is 5.86. The summed E-state index contributed by atoms with van der Waals surface area (Å²) in [6.45, 7) is 16.6. The Bertz CT molecular complexity index is 1580. The lowest BCUT2D eigenvalue weighted by molar-refractivity contribution is -0.144. The Morgan fingerprint density at radius 1 is 0.714 bits per heavy atom. The van der Waals surface area contributed by atoms with Gasteiger partial charge in [0.1, 0.15) is 17.1 Å². The summed E-state index contributed by atoms with van der Waals surface area (Å²) in [6, 6.07) is 30.4. The number of rotatable bonds is 9. The molecule has 0 aliphatic heterocycles. The van der Waals surface area contributed by atoms with Gasteiger partial charge >= 0.3 is 5.97 Å². The number of ether oxygens (including phenoxy) is 2. The minimum Gasteiger partial charge on any atom is -0.488 e. The minimum atomic E-state index is -0.536. The molecule has 4 aromatic carbocycles. The minimum absolute atomic E-state index is 0.187. The molecule has 1 aliphatic carbocycles. The summed E-state index contributed by atoms with van der Waals surface area (Å²) < 4.78 is 12.4. The molecule has 5 rings (SSSR count). The van der Waals surface area contributed by atoms with E-state index < -0.39 is 10.8 Å². The molecule has 0 saturated heterocycles. The van der Waals surface area contributed by atoms with Gasteiger partial charge in [-0.1, -0.05) is 93.1 Å². The number of carbonyl (C=O) groups excluding carboxylic acids is 1. The lowest BCUT2D eigenvalue weighted by Crippen LogP contribution is -2.30. The molecule has 0 unspecified atom stereocenters. The molecule has 0 N–H and O–H groups in total. The largest absolute Gasteiger partial charge is 0.488 e. The van der Waals surface area contributed by atoms with E-state index in [0.717, 1.165) is 41.7 Å². The molecule has 0 fully saturated rings. The maximum atomic E-state index is 13.1. The highest BCUT2D eigenvalue weighted by atomic mass is 16.5. The average Bonchev–Trinajstić information content (AvgIpc) is 3.26. The number of fused-ring (bicyclic) bond motifs is 3. The van der Waals surface area contributed by atoms with Crippen LogP contribution in [0.25, 0.3) is 11.1 Å². The van der Waals surface area contributed by atoms with Gasteiger partial charge in [-0.25, -0.2) is 0 Å². The third kappa shape index (κ3) is 5.04. The lowest BCUT2D eigenvalue weighted by atomic mass is 9.67. The van der Waals surface area contributed by atoms with Crippen LogP contribution in [-0.2, 0) is 10.2 Å². The van der Waals surface area contributed by atoms with Crippen LogP contribution in [0, 0.1) is 19.3 Å². The van der Waals surface area contributed by atoms with Gasteiger partial charge in [-0.2, -0.15) is 0 Å². The van der Waals surface area contributed by atoms with Crippen molar-refractivity contribution in [1.29, 1.82) is 0 Å². The van der Waals surface area contributed by atoms with Crippen molar-refractivity contribution in [1.82, 2.24) is 0 Å². The van der Waals surface area contributed by atoms with Crippen molar-refractivity contribution in [3.63, 3.8) is 0 Å². The van der Waals surface area contributed by atoms with Gasteiger partial charge in [0.25, 0.3) is 0 Å². The Morgan fingerprint density at radius 3 is 1.69 bits per heavy atom. The van der Waals surface area contributed by atoms with Crippen LogP contribution in [0.2, 0.25) is 0 Å². The smallest absolute Gasteiger partial charge is 0.316 e. The Hall–Kier alpha value is -3.85. The molecule has 3 nitrogen and oxygen atoms in total. The van der Waals surface area contributed by atoms with Gasteiger partial charge < -0.3 is 9.47 Å². The number of aryl methyl sites for hydroxylation is 2. The van der Waals surface area contributed by atoms with Crippen LogP contribution in [0.3, 0.4) is 0 Å². The van der Waals surface area contributed by atoms with Gasteiger partial charge in [-0.15, -0.1) is 0 Å². The van der Waals surface area contributed by atoms with Gasteiger partial charge in [-0.3, -0.25) is 4.79 Å². The highest BCUT2D eigenvalue weighted by Crippen LogP contribution is 2.56. The molecule has 218 valence electrons.